The quantitative estimate of drug-likeness (QED) is 0.488. The summed E-state index contributed by atoms with van der Waals surface area (Å²) in [6.45, 7) is 3.61. The predicted octanol–water partition coefficient (Wildman–Crippen LogP) is 4.54. The van der Waals surface area contributed by atoms with Crippen LogP contribution >= 0.6 is 0 Å². The third kappa shape index (κ3) is 7.12. The van der Waals surface area contributed by atoms with E-state index in [4.69, 9.17) is 0 Å². The van der Waals surface area contributed by atoms with E-state index in [1.54, 1.807) is 12.1 Å². The lowest BCUT2D eigenvalue weighted by Crippen LogP contribution is -2.17. The normalized spacial score (nSPS) is 12.0. The van der Waals surface area contributed by atoms with Crippen LogP contribution < -0.4 is 0 Å². The molecular formula is C22H28O3. The van der Waals surface area contributed by atoms with Gasteiger partial charge < -0.3 is 15.3 Å². The summed E-state index contributed by atoms with van der Waals surface area (Å²) in [7, 11) is 0. The number of phenolic OH excluding ortho intramolecular Hbond substituents is 1. The van der Waals surface area contributed by atoms with Gasteiger partial charge in [0.15, 0.2) is 0 Å². The summed E-state index contributed by atoms with van der Waals surface area (Å²) in [6.07, 6.45) is 7.83. The Balaban J connectivity index is 1.98. The highest BCUT2D eigenvalue weighted by molar-refractivity contribution is 5.70. The number of benzene rings is 2. The Kier molecular flexibility index (Phi) is 6.80. The Hall–Kier alpha value is -2.10. The van der Waals surface area contributed by atoms with Crippen molar-refractivity contribution < 1.29 is 15.3 Å². The van der Waals surface area contributed by atoms with Gasteiger partial charge in [-0.25, -0.2) is 0 Å². The van der Waals surface area contributed by atoms with Gasteiger partial charge >= 0.3 is 0 Å². The first-order valence-electron chi connectivity index (χ1n) is 8.79. The van der Waals surface area contributed by atoms with Crippen molar-refractivity contribution in [1.29, 1.82) is 0 Å². The number of aromatic hydroxyl groups is 1. The number of aryl methyl sites for hydroxylation is 1. The van der Waals surface area contributed by atoms with Gasteiger partial charge in [-0.2, -0.15) is 0 Å². The second-order valence-corrected chi connectivity index (χ2v) is 7.19. The van der Waals surface area contributed by atoms with Crippen LogP contribution in [0.3, 0.4) is 0 Å². The number of aliphatic hydroxyl groups is 2. The minimum Gasteiger partial charge on any atom is -0.508 e. The molecule has 134 valence electrons. The van der Waals surface area contributed by atoms with Crippen LogP contribution in [0.5, 0.6) is 5.75 Å². The maximum Gasteiger partial charge on any atom is 0.116 e. The molecule has 0 heterocycles. The summed E-state index contributed by atoms with van der Waals surface area (Å²) in [4.78, 5) is 0. The smallest absolute Gasteiger partial charge is 0.116 e. The molecule has 0 spiro atoms. The summed E-state index contributed by atoms with van der Waals surface area (Å²) >= 11 is 0. The van der Waals surface area contributed by atoms with Gasteiger partial charge in [-0.05, 0) is 73.6 Å². The first-order chi connectivity index (χ1) is 11.9. The van der Waals surface area contributed by atoms with Crippen LogP contribution in [0.2, 0.25) is 0 Å². The molecule has 0 atom stereocenters. The van der Waals surface area contributed by atoms with Crippen molar-refractivity contribution >= 4 is 12.2 Å². The van der Waals surface area contributed by atoms with E-state index >= 15 is 0 Å². The number of hydrogen-bond donors (Lipinski definition) is 3. The average Bonchev–Trinajstić information content (AvgIpc) is 2.56. The van der Waals surface area contributed by atoms with Gasteiger partial charge in [0.1, 0.15) is 5.75 Å². The molecular weight excluding hydrogens is 312 g/mol. The van der Waals surface area contributed by atoms with Crippen molar-refractivity contribution in [3.05, 3.63) is 64.7 Å². The highest BCUT2D eigenvalue weighted by atomic mass is 16.3. The van der Waals surface area contributed by atoms with E-state index in [1.165, 1.54) is 5.56 Å². The maximum atomic E-state index is 9.75. The summed E-state index contributed by atoms with van der Waals surface area (Å²) in [5.74, 6) is 0.159. The van der Waals surface area contributed by atoms with Crippen molar-refractivity contribution in [2.75, 3.05) is 0 Å². The number of aliphatic hydroxyl groups excluding tert-OH is 1. The molecule has 2 aromatic carbocycles. The molecule has 0 radical (unpaired) electrons. The molecule has 0 unspecified atom stereocenters. The molecule has 0 saturated carbocycles. The van der Waals surface area contributed by atoms with Crippen LogP contribution in [-0.2, 0) is 13.0 Å². The molecule has 3 nitrogen and oxygen atoms in total. The van der Waals surface area contributed by atoms with E-state index in [0.29, 0.717) is 5.56 Å². The van der Waals surface area contributed by atoms with Gasteiger partial charge in [-0.3, -0.25) is 0 Å². The second kappa shape index (κ2) is 8.84. The summed E-state index contributed by atoms with van der Waals surface area (Å²) < 4.78 is 0. The van der Waals surface area contributed by atoms with Crippen molar-refractivity contribution in [2.24, 2.45) is 0 Å². The van der Waals surface area contributed by atoms with Crippen molar-refractivity contribution in [1.82, 2.24) is 0 Å². The van der Waals surface area contributed by atoms with E-state index in [9.17, 15) is 15.3 Å². The van der Waals surface area contributed by atoms with Crippen LogP contribution in [0.15, 0.2) is 42.5 Å². The van der Waals surface area contributed by atoms with Crippen LogP contribution in [-0.4, -0.2) is 20.9 Å². The average molecular weight is 340 g/mol. The molecule has 3 heteroatoms. The van der Waals surface area contributed by atoms with Crippen LogP contribution in [0.25, 0.3) is 12.2 Å². The van der Waals surface area contributed by atoms with Crippen LogP contribution in [0.4, 0.5) is 0 Å². The Morgan fingerprint density at radius 3 is 2.36 bits per heavy atom. The lowest BCUT2D eigenvalue weighted by atomic mass is 9.98. The van der Waals surface area contributed by atoms with E-state index in [2.05, 4.69) is 12.1 Å². The highest BCUT2D eigenvalue weighted by Crippen LogP contribution is 2.19. The molecule has 3 N–H and O–H groups in total. The van der Waals surface area contributed by atoms with Gasteiger partial charge in [0.25, 0.3) is 0 Å². The highest BCUT2D eigenvalue weighted by Gasteiger charge is 2.11. The Labute approximate surface area is 150 Å². The molecule has 2 rings (SSSR count). The summed E-state index contributed by atoms with van der Waals surface area (Å²) in [6, 6.07) is 13.5. The van der Waals surface area contributed by atoms with Gasteiger partial charge in [0.05, 0.1) is 12.2 Å². The van der Waals surface area contributed by atoms with Gasteiger partial charge in [-0.15, -0.1) is 0 Å². The largest absolute Gasteiger partial charge is 0.508 e. The van der Waals surface area contributed by atoms with Crippen LogP contribution in [0.1, 0.15) is 55.4 Å². The lowest BCUT2D eigenvalue weighted by molar-refractivity contribution is 0.0682. The zero-order chi connectivity index (χ0) is 18.3. The van der Waals surface area contributed by atoms with E-state index in [0.717, 1.165) is 36.8 Å². The van der Waals surface area contributed by atoms with Crippen LogP contribution in [0, 0.1) is 0 Å². The first-order valence-corrected chi connectivity index (χ1v) is 8.79. The van der Waals surface area contributed by atoms with Crippen molar-refractivity contribution in [3.8, 4) is 5.75 Å². The fourth-order valence-corrected chi connectivity index (χ4v) is 2.82. The van der Waals surface area contributed by atoms with Crippen molar-refractivity contribution in [3.63, 3.8) is 0 Å². The molecule has 0 fully saturated rings. The zero-order valence-corrected chi connectivity index (χ0v) is 15.1. The molecule has 0 bridgehead atoms. The maximum absolute atomic E-state index is 9.75. The third-order valence-corrected chi connectivity index (χ3v) is 4.11. The molecule has 0 aliphatic heterocycles. The summed E-state index contributed by atoms with van der Waals surface area (Å²) in [5.41, 5.74) is 3.36. The minimum atomic E-state index is -0.584. The number of hydrogen-bond acceptors (Lipinski definition) is 3. The fraction of sp³-hybridized carbons (Fsp3) is 0.364. The standard InChI is InChI=1S/C22H28O3/c1-22(2,25)11-4-3-6-17-7-5-8-18(12-17)9-10-19-13-20(16-23)15-21(24)14-19/h5,7-10,12-15,23-25H,3-4,6,11,16H2,1-2H3/b10-9+. The van der Waals surface area contributed by atoms with Gasteiger partial charge in [0.2, 0.25) is 0 Å². The molecule has 0 aromatic heterocycles. The second-order valence-electron chi connectivity index (χ2n) is 7.19. The molecule has 0 aliphatic carbocycles. The SMILES string of the molecule is CC(C)(O)CCCCc1cccc(/C=C/c2cc(O)cc(CO)c2)c1. The third-order valence-electron chi connectivity index (χ3n) is 4.11. The van der Waals surface area contributed by atoms with E-state index in [-0.39, 0.29) is 12.4 Å². The Bertz CT molecular complexity index is 711. The fourth-order valence-electron chi connectivity index (χ4n) is 2.82. The monoisotopic (exact) mass is 340 g/mol. The lowest BCUT2D eigenvalue weighted by Gasteiger charge is -2.16. The van der Waals surface area contributed by atoms with E-state index in [1.807, 2.05) is 44.2 Å². The molecule has 2 aromatic rings. The summed E-state index contributed by atoms with van der Waals surface area (Å²) in [5, 5.41) is 28.6. The number of rotatable bonds is 8. The first kappa shape index (κ1) is 19.2. The van der Waals surface area contributed by atoms with Gasteiger partial charge in [-0.1, -0.05) is 42.8 Å². The molecule has 25 heavy (non-hydrogen) atoms. The Morgan fingerprint density at radius 2 is 1.64 bits per heavy atom. The van der Waals surface area contributed by atoms with E-state index < -0.39 is 5.60 Å². The zero-order valence-electron chi connectivity index (χ0n) is 15.1. The molecule has 0 aliphatic rings. The minimum absolute atomic E-state index is 0.0879. The number of phenols is 1. The predicted molar refractivity (Wildman–Crippen MR) is 103 cm³/mol. The number of unbranched alkanes of at least 4 members (excludes halogenated alkanes) is 1. The molecule has 0 saturated heterocycles. The topological polar surface area (TPSA) is 60.7 Å². The van der Waals surface area contributed by atoms with Crippen molar-refractivity contribution in [2.45, 2.75) is 51.7 Å². The Morgan fingerprint density at radius 1 is 0.920 bits per heavy atom. The van der Waals surface area contributed by atoms with Gasteiger partial charge in [0, 0.05) is 0 Å². The molecule has 0 amide bonds.